The SMILES string of the molecule is CCC(c1ccccc1/C=C/C(=O)OC)S(=O)(=O)c1ccccn1. The molecule has 0 bridgehead atoms. The molecule has 126 valence electrons. The summed E-state index contributed by atoms with van der Waals surface area (Å²) in [5, 5.41) is -0.700. The van der Waals surface area contributed by atoms with Gasteiger partial charge >= 0.3 is 5.97 Å². The highest BCUT2D eigenvalue weighted by Gasteiger charge is 2.29. The van der Waals surface area contributed by atoms with Crippen molar-refractivity contribution in [3.63, 3.8) is 0 Å². The summed E-state index contributed by atoms with van der Waals surface area (Å²) in [7, 11) is -2.34. The summed E-state index contributed by atoms with van der Waals surface area (Å²) in [6.45, 7) is 1.81. The third-order valence-corrected chi connectivity index (χ3v) is 5.78. The van der Waals surface area contributed by atoms with Gasteiger partial charge in [0.1, 0.15) is 0 Å². The number of aromatic nitrogens is 1. The lowest BCUT2D eigenvalue weighted by Crippen LogP contribution is -2.15. The van der Waals surface area contributed by atoms with Crippen molar-refractivity contribution in [1.82, 2.24) is 4.98 Å². The van der Waals surface area contributed by atoms with Gasteiger partial charge in [-0.15, -0.1) is 0 Å². The zero-order chi connectivity index (χ0) is 17.6. The number of carbonyl (C=O) groups is 1. The molecule has 2 rings (SSSR count). The molecule has 0 spiro atoms. The maximum absolute atomic E-state index is 12.9. The van der Waals surface area contributed by atoms with Crippen LogP contribution in [0.15, 0.2) is 59.8 Å². The third-order valence-electron chi connectivity index (χ3n) is 3.62. The minimum Gasteiger partial charge on any atom is -0.466 e. The van der Waals surface area contributed by atoms with Gasteiger partial charge in [0.25, 0.3) is 0 Å². The predicted molar refractivity (Wildman–Crippen MR) is 91.9 cm³/mol. The fourth-order valence-corrected chi connectivity index (χ4v) is 4.20. The summed E-state index contributed by atoms with van der Waals surface area (Å²) in [5.41, 5.74) is 1.29. The summed E-state index contributed by atoms with van der Waals surface area (Å²) in [6.07, 6.45) is 4.70. The van der Waals surface area contributed by atoms with Crippen molar-refractivity contribution < 1.29 is 17.9 Å². The minimum atomic E-state index is -3.63. The van der Waals surface area contributed by atoms with Crippen molar-refractivity contribution in [3.8, 4) is 0 Å². The van der Waals surface area contributed by atoms with Crippen LogP contribution in [0.25, 0.3) is 6.08 Å². The van der Waals surface area contributed by atoms with Gasteiger partial charge in [0, 0.05) is 12.3 Å². The van der Waals surface area contributed by atoms with Crippen molar-refractivity contribution in [2.45, 2.75) is 23.6 Å². The molecular formula is C18H19NO4S. The Hall–Kier alpha value is -2.47. The normalized spacial score (nSPS) is 12.9. The lowest BCUT2D eigenvalue weighted by Gasteiger charge is -2.18. The van der Waals surface area contributed by atoms with Crippen LogP contribution in [0.3, 0.4) is 0 Å². The third kappa shape index (κ3) is 3.89. The van der Waals surface area contributed by atoms with Crippen LogP contribution in [-0.4, -0.2) is 26.5 Å². The molecule has 1 aromatic carbocycles. The van der Waals surface area contributed by atoms with Crippen LogP contribution >= 0.6 is 0 Å². The molecule has 0 saturated carbocycles. The van der Waals surface area contributed by atoms with Gasteiger partial charge in [-0.1, -0.05) is 37.3 Å². The maximum Gasteiger partial charge on any atom is 0.330 e. The number of sulfone groups is 1. The van der Waals surface area contributed by atoms with E-state index < -0.39 is 21.1 Å². The Morgan fingerprint density at radius 1 is 1.21 bits per heavy atom. The van der Waals surface area contributed by atoms with Crippen LogP contribution in [0, 0.1) is 0 Å². The number of carbonyl (C=O) groups excluding carboxylic acids is 1. The molecule has 1 unspecified atom stereocenters. The van der Waals surface area contributed by atoms with Gasteiger partial charge in [0.15, 0.2) is 5.03 Å². The summed E-state index contributed by atoms with van der Waals surface area (Å²) in [6, 6.07) is 11.9. The molecule has 0 aliphatic heterocycles. The Bertz CT molecular complexity index is 829. The van der Waals surface area contributed by atoms with E-state index >= 15 is 0 Å². The van der Waals surface area contributed by atoms with E-state index in [0.29, 0.717) is 17.5 Å². The number of benzene rings is 1. The average Bonchev–Trinajstić information content (AvgIpc) is 2.61. The van der Waals surface area contributed by atoms with Gasteiger partial charge in [0.05, 0.1) is 12.4 Å². The second-order valence-electron chi connectivity index (χ2n) is 5.10. The lowest BCUT2D eigenvalue weighted by molar-refractivity contribution is -0.134. The van der Waals surface area contributed by atoms with Crippen molar-refractivity contribution >= 4 is 21.9 Å². The Kier molecular flexibility index (Phi) is 5.87. The van der Waals surface area contributed by atoms with E-state index in [4.69, 9.17) is 0 Å². The lowest BCUT2D eigenvalue weighted by atomic mass is 10.0. The van der Waals surface area contributed by atoms with Crippen molar-refractivity contribution in [1.29, 1.82) is 0 Å². The molecule has 0 fully saturated rings. The largest absolute Gasteiger partial charge is 0.466 e. The molecule has 0 aliphatic rings. The average molecular weight is 345 g/mol. The number of rotatable bonds is 6. The van der Waals surface area contributed by atoms with Crippen molar-refractivity contribution in [2.75, 3.05) is 7.11 Å². The van der Waals surface area contributed by atoms with Gasteiger partial charge in [0.2, 0.25) is 9.84 Å². The summed E-state index contributed by atoms with van der Waals surface area (Å²) in [4.78, 5) is 15.3. The van der Waals surface area contributed by atoms with E-state index in [-0.39, 0.29) is 5.03 Å². The number of esters is 1. The van der Waals surface area contributed by atoms with Crippen LogP contribution in [0.4, 0.5) is 0 Å². The molecule has 0 saturated heterocycles. The Morgan fingerprint density at radius 3 is 2.54 bits per heavy atom. The summed E-state index contributed by atoms with van der Waals surface area (Å²) >= 11 is 0. The first-order chi connectivity index (χ1) is 11.5. The summed E-state index contributed by atoms with van der Waals surface area (Å²) < 4.78 is 30.4. The number of methoxy groups -OCH3 is 1. The van der Waals surface area contributed by atoms with Gasteiger partial charge in [-0.3, -0.25) is 0 Å². The predicted octanol–water partition coefficient (Wildman–Crippen LogP) is 3.19. The summed E-state index contributed by atoms with van der Waals surface area (Å²) in [5.74, 6) is -0.495. The first-order valence-electron chi connectivity index (χ1n) is 7.50. The molecular weight excluding hydrogens is 326 g/mol. The number of hydrogen-bond acceptors (Lipinski definition) is 5. The van der Waals surface area contributed by atoms with Gasteiger partial charge in [-0.25, -0.2) is 18.2 Å². The Balaban J connectivity index is 2.49. The molecule has 0 amide bonds. The number of hydrogen-bond donors (Lipinski definition) is 0. The van der Waals surface area contributed by atoms with E-state index in [1.165, 1.54) is 25.4 Å². The molecule has 0 N–H and O–H groups in total. The maximum atomic E-state index is 12.9. The molecule has 1 heterocycles. The van der Waals surface area contributed by atoms with Crippen LogP contribution in [0.5, 0.6) is 0 Å². The quantitative estimate of drug-likeness (QED) is 0.594. The number of nitrogens with zero attached hydrogens (tertiary/aromatic N) is 1. The molecule has 24 heavy (non-hydrogen) atoms. The molecule has 6 heteroatoms. The molecule has 1 aromatic heterocycles. The van der Waals surface area contributed by atoms with Crippen LogP contribution in [0.1, 0.15) is 29.7 Å². The number of pyridine rings is 1. The van der Waals surface area contributed by atoms with Gasteiger partial charge < -0.3 is 4.74 Å². The Morgan fingerprint density at radius 2 is 1.92 bits per heavy atom. The zero-order valence-electron chi connectivity index (χ0n) is 13.5. The molecule has 1 atom stereocenters. The second-order valence-corrected chi connectivity index (χ2v) is 7.17. The van der Waals surface area contributed by atoms with Crippen LogP contribution in [0.2, 0.25) is 0 Å². The molecule has 0 aliphatic carbocycles. The van der Waals surface area contributed by atoms with E-state index in [2.05, 4.69) is 9.72 Å². The first-order valence-corrected chi connectivity index (χ1v) is 9.05. The highest BCUT2D eigenvalue weighted by atomic mass is 32.2. The molecule has 0 radical (unpaired) electrons. The van der Waals surface area contributed by atoms with Crippen molar-refractivity contribution in [3.05, 3.63) is 65.9 Å². The smallest absolute Gasteiger partial charge is 0.330 e. The standard InChI is InChI=1S/C18H19NO4S/c1-3-16(24(21,22)17-10-6-7-13-19-17)15-9-5-4-8-14(15)11-12-18(20)23-2/h4-13,16H,3H2,1-2H3/b12-11+. The molecule has 2 aromatic rings. The van der Waals surface area contributed by atoms with Crippen LogP contribution in [-0.2, 0) is 19.4 Å². The van der Waals surface area contributed by atoms with Gasteiger partial charge in [-0.2, -0.15) is 0 Å². The van der Waals surface area contributed by atoms with E-state index in [0.717, 1.165) is 0 Å². The molecule has 5 nitrogen and oxygen atoms in total. The first kappa shape index (κ1) is 17.9. The van der Waals surface area contributed by atoms with E-state index in [9.17, 15) is 13.2 Å². The highest BCUT2D eigenvalue weighted by Crippen LogP contribution is 2.33. The second kappa shape index (κ2) is 7.88. The monoisotopic (exact) mass is 345 g/mol. The highest BCUT2D eigenvalue weighted by molar-refractivity contribution is 7.91. The van der Waals surface area contributed by atoms with E-state index in [1.54, 1.807) is 42.5 Å². The zero-order valence-corrected chi connectivity index (χ0v) is 14.4. The number of ether oxygens (including phenoxy) is 1. The minimum absolute atomic E-state index is 0.0450. The van der Waals surface area contributed by atoms with Crippen LogP contribution < -0.4 is 0 Å². The fourth-order valence-electron chi connectivity index (χ4n) is 2.45. The van der Waals surface area contributed by atoms with E-state index in [1.807, 2.05) is 6.92 Å². The fraction of sp³-hybridized carbons (Fsp3) is 0.222. The van der Waals surface area contributed by atoms with Crippen molar-refractivity contribution in [2.24, 2.45) is 0 Å². The Labute approximate surface area is 141 Å². The van der Waals surface area contributed by atoms with Gasteiger partial charge in [-0.05, 0) is 35.8 Å². The topological polar surface area (TPSA) is 73.3 Å².